The first kappa shape index (κ1) is 25.3. The maximum absolute atomic E-state index is 14.6. The van der Waals surface area contributed by atoms with Gasteiger partial charge in [-0.25, -0.2) is 8.78 Å². The van der Waals surface area contributed by atoms with Gasteiger partial charge in [-0.2, -0.15) is 0 Å². The minimum atomic E-state index is -0.428. The Bertz CT molecular complexity index is 1200. The lowest BCUT2D eigenvalue weighted by Crippen LogP contribution is -1.92. The van der Waals surface area contributed by atoms with Crippen molar-refractivity contribution in [1.82, 2.24) is 0 Å². The number of benzene rings is 3. The van der Waals surface area contributed by atoms with E-state index in [0.717, 1.165) is 37.7 Å². The quantitative estimate of drug-likeness (QED) is 0.237. The highest BCUT2D eigenvalue weighted by atomic mass is 19.1. The van der Waals surface area contributed by atoms with E-state index in [9.17, 15) is 8.78 Å². The van der Waals surface area contributed by atoms with Crippen LogP contribution < -0.4 is 0 Å². The molecule has 0 amide bonds. The standard InChI is InChI=1S/C32H32F2/c1-3-5-7-9-25-11-13-26(14-12-25)15-16-27-18-21-30(32(34)23-27)22-19-28-17-20-29(31(33)24-28)10-8-6-4-2/h11-14,17-18,20-21,23-24H,3-10H2,1-2H3. The maximum Gasteiger partial charge on any atom is 0.140 e. The fraction of sp³-hybridized carbons (Fsp3) is 0.312. The lowest BCUT2D eigenvalue weighted by atomic mass is 10.0. The van der Waals surface area contributed by atoms with E-state index >= 15 is 0 Å². The number of halogens is 2. The van der Waals surface area contributed by atoms with Crippen LogP contribution >= 0.6 is 0 Å². The molecule has 3 aromatic carbocycles. The summed E-state index contributed by atoms with van der Waals surface area (Å²) >= 11 is 0. The summed E-state index contributed by atoms with van der Waals surface area (Å²) in [6, 6.07) is 18.0. The Morgan fingerprint density at radius 1 is 0.559 bits per heavy atom. The molecular formula is C32H32F2. The van der Waals surface area contributed by atoms with Gasteiger partial charge >= 0.3 is 0 Å². The van der Waals surface area contributed by atoms with Crippen molar-refractivity contribution in [2.45, 2.75) is 65.2 Å². The van der Waals surface area contributed by atoms with Gasteiger partial charge in [0.1, 0.15) is 11.6 Å². The highest BCUT2D eigenvalue weighted by Crippen LogP contribution is 2.15. The van der Waals surface area contributed by atoms with Crippen LogP contribution in [-0.4, -0.2) is 0 Å². The third-order valence-corrected chi connectivity index (χ3v) is 5.79. The average molecular weight is 455 g/mol. The van der Waals surface area contributed by atoms with Gasteiger partial charge in [0.2, 0.25) is 0 Å². The minimum absolute atomic E-state index is 0.247. The predicted octanol–water partition coefficient (Wildman–Crippen LogP) is 8.23. The Labute approximate surface area is 203 Å². The number of hydrogen-bond acceptors (Lipinski definition) is 0. The molecule has 0 aliphatic heterocycles. The lowest BCUT2D eigenvalue weighted by Gasteiger charge is -2.03. The number of unbranched alkanes of at least 4 members (excludes halogenated alkanes) is 4. The van der Waals surface area contributed by atoms with E-state index < -0.39 is 5.82 Å². The summed E-state index contributed by atoms with van der Waals surface area (Å²) in [5.41, 5.74) is 4.34. The van der Waals surface area contributed by atoms with Crippen molar-refractivity contribution in [3.05, 3.63) is 106 Å². The molecule has 3 aromatic rings. The lowest BCUT2D eigenvalue weighted by molar-refractivity contribution is 0.598. The van der Waals surface area contributed by atoms with E-state index in [1.54, 1.807) is 24.3 Å². The van der Waals surface area contributed by atoms with Crippen molar-refractivity contribution in [3.63, 3.8) is 0 Å². The zero-order chi connectivity index (χ0) is 24.2. The van der Waals surface area contributed by atoms with Crippen molar-refractivity contribution in [2.75, 3.05) is 0 Å². The maximum atomic E-state index is 14.6. The van der Waals surface area contributed by atoms with Gasteiger partial charge in [0, 0.05) is 16.7 Å². The second kappa shape index (κ2) is 13.4. The van der Waals surface area contributed by atoms with Crippen LogP contribution in [-0.2, 0) is 12.8 Å². The highest BCUT2D eigenvalue weighted by Gasteiger charge is 2.04. The molecule has 174 valence electrons. The molecule has 0 aromatic heterocycles. The number of aryl methyl sites for hydroxylation is 2. The third-order valence-electron chi connectivity index (χ3n) is 5.79. The normalized spacial score (nSPS) is 10.2. The van der Waals surface area contributed by atoms with Crippen LogP contribution in [0.5, 0.6) is 0 Å². The van der Waals surface area contributed by atoms with Gasteiger partial charge in [0.05, 0.1) is 5.56 Å². The summed E-state index contributed by atoms with van der Waals surface area (Å²) in [7, 11) is 0. The van der Waals surface area contributed by atoms with Crippen molar-refractivity contribution in [2.24, 2.45) is 0 Å². The first-order valence-electron chi connectivity index (χ1n) is 12.3. The highest BCUT2D eigenvalue weighted by molar-refractivity contribution is 5.49. The topological polar surface area (TPSA) is 0 Å². The molecule has 3 rings (SSSR count). The molecule has 0 fully saturated rings. The van der Waals surface area contributed by atoms with E-state index in [2.05, 4.69) is 49.7 Å². The van der Waals surface area contributed by atoms with Crippen LogP contribution in [0.2, 0.25) is 0 Å². The van der Waals surface area contributed by atoms with Crippen LogP contribution in [0, 0.1) is 35.3 Å². The predicted molar refractivity (Wildman–Crippen MR) is 138 cm³/mol. The van der Waals surface area contributed by atoms with Gasteiger partial charge in [-0.15, -0.1) is 0 Å². The second-order valence-electron chi connectivity index (χ2n) is 8.61. The summed E-state index contributed by atoms with van der Waals surface area (Å²) < 4.78 is 28.8. The molecule has 0 unspecified atom stereocenters. The van der Waals surface area contributed by atoms with Gasteiger partial charge < -0.3 is 0 Å². The Balaban J connectivity index is 1.64. The summed E-state index contributed by atoms with van der Waals surface area (Å²) in [6.45, 7) is 4.33. The van der Waals surface area contributed by atoms with Crippen LogP contribution in [0.1, 0.15) is 85.8 Å². The van der Waals surface area contributed by atoms with Gasteiger partial charge in [-0.1, -0.05) is 81.4 Å². The molecule has 0 radical (unpaired) electrons. The van der Waals surface area contributed by atoms with E-state index in [1.165, 1.54) is 37.0 Å². The van der Waals surface area contributed by atoms with E-state index in [1.807, 2.05) is 12.1 Å². The molecule has 2 heteroatoms. The largest absolute Gasteiger partial charge is 0.207 e. The van der Waals surface area contributed by atoms with Gasteiger partial charge in [-0.05, 0) is 79.3 Å². The van der Waals surface area contributed by atoms with Crippen LogP contribution in [0.25, 0.3) is 0 Å². The smallest absolute Gasteiger partial charge is 0.140 e. The van der Waals surface area contributed by atoms with Gasteiger partial charge in [0.25, 0.3) is 0 Å². The molecule has 0 spiro atoms. The Morgan fingerprint density at radius 2 is 1.12 bits per heavy atom. The third kappa shape index (κ3) is 7.90. The zero-order valence-corrected chi connectivity index (χ0v) is 20.2. The van der Waals surface area contributed by atoms with Gasteiger partial charge in [-0.3, -0.25) is 0 Å². The van der Waals surface area contributed by atoms with Crippen molar-refractivity contribution in [3.8, 4) is 23.7 Å². The van der Waals surface area contributed by atoms with Gasteiger partial charge in [0.15, 0.2) is 0 Å². The second-order valence-corrected chi connectivity index (χ2v) is 8.61. The first-order chi connectivity index (χ1) is 16.6. The molecule has 0 aliphatic rings. The molecule has 0 N–H and O–H groups in total. The summed E-state index contributed by atoms with van der Waals surface area (Å²) in [5, 5.41) is 0. The Morgan fingerprint density at radius 3 is 1.76 bits per heavy atom. The fourth-order valence-electron chi connectivity index (χ4n) is 3.71. The summed E-state index contributed by atoms with van der Waals surface area (Å²) in [6.07, 6.45) is 8.65. The Kier molecular flexibility index (Phi) is 9.94. The van der Waals surface area contributed by atoms with E-state index in [4.69, 9.17) is 0 Å². The molecule has 0 saturated heterocycles. The summed E-state index contributed by atoms with van der Waals surface area (Å²) in [5.74, 6) is 11.1. The average Bonchev–Trinajstić information content (AvgIpc) is 2.84. The number of hydrogen-bond donors (Lipinski definition) is 0. The molecule has 0 bridgehead atoms. The van der Waals surface area contributed by atoms with E-state index in [0.29, 0.717) is 16.7 Å². The van der Waals surface area contributed by atoms with Crippen LogP contribution in [0.4, 0.5) is 8.78 Å². The molecule has 0 atom stereocenters. The number of rotatable bonds is 8. The van der Waals surface area contributed by atoms with Crippen molar-refractivity contribution < 1.29 is 8.78 Å². The molecule has 0 saturated carbocycles. The monoisotopic (exact) mass is 454 g/mol. The first-order valence-corrected chi connectivity index (χ1v) is 12.3. The minimum Gasteiger partial charge on any atom is -0.207 e. The van der Waals surface area contributed by atoms with E-state index in [-0.39, 0.29) is 11.4 Å². The molecule has 0 nitrogen and oxygen atoms in total. The van der Waals surface area contributed by atoms with Crippen molar-refractivity contribution >= 4 is 0 Å². The molecule has 34 heavy (non-hydrogen) atoms. The van der Waals surface area contributed by atoms with Crippen molar-refractivity contribution in [1.29, 1.82) is 0 Å². The Hall–Kier alpha value is -3.36. The molecule has 0 heterocycles. The molecular weight excluding hydrogens is 422 g/mol. The SMILES string of the molecule is CCCCCc1ccc(C#Cc2ccc(C#Cc3ccc(CCCCC)c(F)c3)c(F)c2)cc1. The zero-order valence-electron chi connectivity index (χ0n) is 20.2. The van der Waals surface area contributed by atoms with Crippen LogP contribution in [0.3, 0.4) is 0 Å². The van der Waals surface area contributed by atoms with Crippen LogP contribution in [0.15, 0.2) is 60.7 Å². The summed E-state index contributed by atoms with van der Waals surface area (Å²) in [4.78, 5) is 0. The molecule has 0 aliphatic carbocycles. The fourth-order valence-corrected chi connectivity index (χ4v) is 3.71.